The number of hydrogen-bond acceptors (Lipinski definition) is 13. The van der Waals surface area contributed by atoms with Crippen LogP contribution < -0.4 is 60.2 Å². The molecule has 8 atom stereocenters. The summed E-state index contributed by atoms with van der Waals surface area (Å²) in [4.78, 5) is 140. The number of nitrogens with zero attached hydrogens (tertiary/aromatic N) is 2. The number of aliphatic imine (C=N–C) groups is 2. The summed E-state index contributed by atoms with van der Waals surface area (Å²) in [5.74, 6) is -12.4. The largest absolute Gasteiger partial charge is 0.480 e. The van der Waals surface area contributed by atoms with E-state index in [1.807, 2.05) is 43.3 Å². The van der Waals surface area contributed by atoms with Gasteiger partial charge in [0.15, 0.2) is 11.9 Å². The van der Waals surface area contributed by atoms with Crippen molar-refractivity contribution in [2.24, 2.45) is 44.8 Å². The fourth-order valence-electron chi connectivity index (χ4n) is 7.26. The SMILES string of the molecule is CC=C1NC(=O)CC[C@H](C(=O)O)NC(=O)[C@@H](C)[C@H](/C=C/C(C)=C/[C@H](C)[C@H](Cc2ccccc2)OC(C)=O)NC(=O)[C@H](CCCN=C(N)N)NC(=O)C[C@H](C(=O)O)NC(=O)[C@H](CCCN=C(N)N)NC(=O)CNC1=O. The Morgan fingerprint density at radius 2 is 1.32 bits per heavy atom. The van der Waals surface area contributed by atoms with E-state index in [1.54, 1.807) is 13.0 Å². The predicted octanol–water partition coefficient (Wildman–Crippen LogP) is -2.04. The summed E-state index contributed by atoms with van der Waals surface area (Å²) in [6.07, 6.45) is 3.80. The van der Waals surface area contributed by atoms with Crippen LogP contribution in [0.3, 0.4) is 0 Å². The highest BCUT2D eigenvalue weighted by atomic mass is 16.5. The standard InChI is InChI=1S/C48H71N13O13/c1-6-31-42(67)55-25-40(65)58-34(15-11-21-54-48(51)52)44(69)61-36(46(72)73)24-39(64)57-33(14-10-20-53-47(49)50)43(68)59-32(28(4)41(66)60-35(45(70)71)18-19-38(63)56-31)17-16-26(2)22-27(3)37(74-29(5)62)23-30-12-8-7-9-13-30/h6-9,12-13,16-17,22,27-28,32-37H,10-11,14-15,18-21,23-25H2,1-5H3,(H,55,67)(H,56,63)(H,57,64)(H,58,65)(H,59,68)(H,60,66)(H,61,69)(H,70,71)(H,72,73)(H4,49,50,53)(H4,51,52,54)/b17-16+,26-22+,31-6?/t27-,28-,32-,33-,34-,35+,36+,37-/m0/s1. The summed E-state index contributed by atoms with van der Waals surface area (Å²) in [7, 11) is 0. The molecule has 74 heavy (non-hydrogen) atoms. The van der Waals surface area contributed by atoms with Crippen LogP contribution in [0.25, 0.3) is 0 Å². The van der Waals surface area contributed by atoms with E-state index >= 15 is 0 Å². The summed E-state index contributed by atoms with van der Waals surface area (Å²) >= 11 is 0. The summed E-state index contributed by atoms with van der Waals surface area (Å²) in [5.41, 5.74) is 22.9. The lowest BCUT2D eigenvalue weighted by atomic mass is 9.94. The van der Waals surface area contributed by atoms with Crippen LogP contribution in [0.4, 0.5) is 0 Å². The maximum absolute atomic E-state index is 14.3. The molecule has 0 aromatic heterocycles. The molecule has 26 nitrogen and oxygen atoms in total. The highest BCUT2D eigenvalue weighted by Crippen LogP contribution is 2.19. The van der Waals surface area contributed by atoms with Crippen molar-refractivity contribution in [3.63, 3.8) is 0 Å². The molecule has 0 radical (unpaired) electrons. The number of esters is 1. The Bertz CT molecular complexity index is 2310. The van der Waals surface area contributed by atoms with E-state index < -0.39 is 127 Å². The Morgan fingerprint density at radius 3 is 1.86 bits per heavy atom. The van der Waals surface area contributed by atoms with Gasteiger partial charge in [-0.05, 0) is 51.5 Å². The lowest BCUT2D eigenvalue weighted by Gasteiger charge is -2.27. The molecule has 1 heterocycles. The van der Waals surface area contributed by atoms with Crippen LogP contribution in [0.2, 0.25) is 0 Å². The van der Waals surface area contributed by atoms with Gasteiger partial charge in [0.25, 0.3) is 5.91 Å². The summed E-state index contributed by atoms with van der Waals surface area (Å²) in [6.45, 7) is 6.87. The highest BCUT2D eigenvalue weighted by Gasteiger charge is 2.33. The number of carbonyl (C=O) groups is 10. The topological polar surface area (TPSA) is 433 Å². The number of allylic oxidation sites excluding steroid dienone is 3. The van der Waals surface area contributed by atoms with E-state index in [2.05, 4.69) is 47.2 Å². The molecule has 406 valence electrons. The first-order valence-electron chi connectivity index (χ1n) is 23.8. The molecule has 1 fully saturated rings. The van der Waals surface area contributed by atoms with Gasteiger partial charge in [-0.3, -0.25) is 48.3 Å². The molecule has 17 N–H and O–H groups in total. The molecule has 1 aromatic rings. The van der Waals surface area contributed by atoms with Crippen molar-refractivity contribution in [3.05, 3.63) is 71.5 Å². The molecule has 1 aromatic carbocycles. The Balaban J connectivity index is 2.70. The normalized spacial score (nSPS) is 22.9. The number of carboxylic acids is 2. The number of rotatable bonds is 17. The molecular formula is C48H71N13O13. The van der Waals surface area contributed by atoms with Gasteiger partial charge in [0, 0.05) is 38.8 Å². The second kappa shape index (κ2) is 31.9. The molecule has 0 saturated carbocycles. The van der Waals surface area contributed by atoms with Gasteiger partial charge in [-0.1, -0.05) is 74.1 Å². The maximum atomic E-state index is 14.3. The lowest BCUT2D eigenvalue weighted by Crippen LogP contribution is -2.55. The Hall–Kier alpha value is -8.32. The van der Waals surface area contributed by atoms with Crippen molar-refractivity contribution in [1.29, 1.82) is 0 Å². The molecule has 0 spiro atoms. The zero-order valence-electron chi connectivity index (χ0n) is 42.2. The van der Waals surface area contributed by atoms with E-state index in [-0.39, 0.29) is 62.3 Å². The second-order valence-corrected chi connectivity index (χ2v) is 17.4. The van der Waals surface area contributed by atoms with Crippen molar-refractivity contribution < 1.29 is 62.9 Å². The van der Waals surface area contributed by atoms with Gasteiger partial charge in [0.05, 0.1) is 24.9 Å². The average Bonchev–Trinajstić information content (AvgIpc) is 3.33. The molecule has 1 aliphatic heterocycles. The Labute approximate surface area is 428 Å². The van der Waals surface area contributed by atoms with Gasteiger partial charge >= 0.3 is 17.9 Å². The molecule has 26 heteroatoms. The number of aliphatic carboxylic acids is 2. The number of amides is 7. The number of benzene rings is 1. The van der Waals surface area contributed by atoms with E-state index in [9.17, 15) is 58.2 Å². The number of nitrogens with two attached hydrogens (primary N) is 4. The van der Waals surface area contributed by atoms with Crippen LogP contribution >= 0.6 is 0 Å². The summed E-state index contributed by atoms with van der Waals surface area (Å²) < 4.78 is 5.66. The van der Waals surface area contributed by atoms with Crippen molar-refractivity contribution in [2.75, 3.05) is 19.6 Å². The molecule has 7 amide bonds. The summed E-state index contributed by atoms with van der Waals surface area (Å²) in [6, 6.07) is 1.60. The van der Waals surface area contributed by atoms with Crippen LogP contribution in [0.15, 0.2) is 75.9 Å². The van der Waals surface area contributed by atoms with Crippen molar-refractivity contribution in [2.45, 2.75) is 122 Å². The predicted molar refractivity (Wildman–Crippen MR) is 270 cm³/mol. The quantitative estimate of drug-likeness (QED) is 0.0200. The van der Waals surface area contributed by atoms with Crippen molar-refractivity contribution >= 4 is 71.2 Å². The van der Waals surface area contributed by atoms with E-state index in [1.165, 1.54) is 32.9 Å². The summed E-state index contributed by atoms with van der Waals surface area (Å²) in [5, 5.41) is 37.1. The van der Waals surface area contributed by atoms with Gasteiger partial charge in [-0.15, -0.1) is 0 Å². The first-order valence-corrected chi connectivity index (χ1v) is 23.8. The minimum atomic E-state index is -1.92. The smallest absolute Gasteiger partial charge is 0.326 e. The second-order valence-electron chi connectivity index (χ2n) is 17.4. The third kappa shape index (κ3) is 23.7. The first-order chi connectivity index (χ1) is 34.9. The number of carbonyl (C=O) groups excluding carboxylic acids is 8. The third-order valence-corrected chi connectivity index (χ3v) is 11.2. The van der Waals surface area contributed by atoms with Crippen molar-refractivity contribution in [3.8, 4) is 0 Å². The van der Waals surface area contributed by atoms with Crippen LogP contribution in [0.1, 0.15) is 85.1 Å². The minimum Gasteiger partial charge on any atom is -0.480 e. The van der Waals surface area contributed by atoms with E-state index in [0.29, 0.717) is 12.0 Å². The monoisotopic (exact) mass is 1040 g/mol. The molecule has 2 rings (SSSR count). The first kappa shape index (κ1) is 61.8. The van der Waals surface area contributed by atoms with Gasteiger partial charge in [0.2, 0.25) is 35.4 Å². The van der Waals surface area contributed by atoms with E-state index in [0.717, 1.165) is 5.56 Å². The van der Waals surface area contributed by atoms with Crippen LogP contribution in [0, 0.1) is 11.8 Å². The zero-order chi connectivity index (χ0) is 55.5. The number of ether oxygens (including phenoxy) is 1. The fraction of sp³-hybridized carbons (Fsp3) is 0.500. The zero-order valence-corrected chi connectivity index (χ0v) is 42.2. The van der Waals surface area contributed by atoms with Crippen LogP contribution in [-0.2, 0) is 59.1 Å². The molecule has 1 saturated heterocycles. The van der Waals surface area contributed by atoms with Crippen LogP contribution in [0.5, 0.6) is 0 Å². The molecule has 1 aliphatic rings. The number of guanidine groups is 2. The molecular weight excluding hydrogens is 967 g/mol. The highest BCUT2D eigenvalue weighted by molar-refractivity contribution is 6.00. The average molecular weight is 1040 g/mol. The molecule has 0 unspecified atom stereocenters. The molecule has 0 bridgehead atoms. The van der Waals surface area contributed by atoms with Crippen molar-refractivity contribution in [1.82, 2.24) is 37.2 Å². The number of nitrogens with one attached hydrogen (secondary N) is 7. The Kier molecular flexibility index (Phi) is 26.6. The van der Waals surface area contributed by atoms with E-state index in [4.69, 9.17) is 27.7 Å². The fourth-order valence-corrected chi connectivity index (χ4v) is 7.26. The Morgan fingerprint density at radius 1 is 0.770 bits per heavy atom. The van der Waals surface area contributed by atoms with Gasteiger partial charge in [0.1, 0.15) is 36.0 Å². The minimum absolute atomic E-state index is 0.00386. The maximum Gasteiger partial charge on any atom is 0.326 e. The lowest BCUT2D eigenvalue weighted by molar-refractivity contribution is -0.148. The van der Waals surface area contributed by atoms with Gasteiger partial charge < -0.3 is 75.1 Å². The van der Waals surface area contributed by atoms with Gasteiger partial charge in [-0.25, -0.2) is 9.59 Å². The number of hydrogen-bond donors (Lipinski definition) is 13. The third-order valence-electron chi connectivity index (χ3n) is 11.2. The molecule has 0 aliphatic carbocycles. The van der Waals surface area contributed by atoms with Gasteiger partial charge in [-0.2, -0.15) is 0 Å². The number of carboxylic acid groups (broad SMARTS) is 2. The van der Waals surface area contributed by atoms with Crippen LogP contribution in [-0.4, -0.2) is 137 Å².